The van der Waals surface area contributed by atoms with Crippen molar-refractivity contribution in [2.75, 3.05) is 0 Å². The summed E-state index contributed by atoms with van der Waals surface area (Å²) in [5.74, 6) is 0. The van der Waals surface area contributed by atoms with Crippen LogP contribution in [0.4, 0.5) is 0 Å². The minimum atomic E-state index is 0.866. The lowest BCUT2D eigenvalue weighted by Gasteiger charge is -1.99. The van der Waals surface area contributed by atoms with E-state index < -0.39 is 0 Å². The number of aromatic amines is 3. The number of benzene rings is 1. The summed E-state index contributed by atoms with van der Waals surface area (Å²) in [6.07, 6.45) is 5.57. The Morgan fingerprint density at radius 1 is 0.966 bits per heavy atom. The summed E-state index contributed by atoms with van der Waals surface area (Å²) in [7, 11) is 0. The summed E-state index contributed by atoms with van der Waals surface area (Å²) in [4.78, 5) is 10.5. The van der Waals surface area contributed by atoms with Gasteiger partial charge < -0.3 is 4.98 Å². The molecule has 0 fully saturated rings. The van der Waals surface area contributed by atoms with Gasteiger partial charge in [-0.25, -0.2) is 4.98 Å². The number of aryl methyl sites for hydroxylation is 1. The molecule has 7 heteroatoms. The molecule has 0 saturated heterocycles. The maximum atomic E-state index is 4.58. The smallest absolute Gasteiger partial charge is 0.138 e. The van der Waals surface area contributed by atoms with E-state index in [-0.39, 0.29) is 0 Å². The van der Waals surface area contributed by atoms with E-state index in [1.807, 2.05) is 18.6 Å². The first-order valence-corrected chi connectivity index (χ1v) is 10.1. The van der Waals surface area contributed by atoms with E-state index in [2.05, 4.69) is 79.8 Å². The van der Waals surface area contributed by atoms with Gasteiger partial charge >= 0.3 is 0 Å². The summed E-state index contributed by atoms with van der Waals surface area (Å²) < 4.78 is 0. The van der Waals surface area contributed by atoms with Crippen molar-refractivity contribution in [3.8, 4) is 33.0 Å². The van der Waals surface area contributed by atoms with Gasteiger partial charge in [0.2, 0.25) is 0 Å². The normalized spacial score (nSPS) is 11.6. The molecule has 29 heavy (non-hydrogen) atoms. The average Bonchev–Trinajstić information content (AvgIpc) is 3.51. The predicted octanol–water partition coefficient (Wildman–Crippen LogP) is 5.53. The lowest BCUT2D eigenvalue weighted by Crippen LogP contribution is -1.80. The molecule has 6 rings (SSSR count). The van der Waals surface area contributed by atoms with Crippen LogP contribution in [0.25, 0.3) is 54.9 Å². The molecule has 3 N–H and O–H groups in total. The summed E-state index contributed by atoms with van der Waals surface area (Å²) in [6.45, 7) is 2.13. The molecule has 0 aliphatic carbocycles. The lowest BCUT2D eigenvalue weighted by atomic mass is 10.1. The monoisotopic (exact) mass is 396 g/mol. The minimum absolute atomic E-state index is 0.866. The molecule has 0 amide bonds. The molecule has 140 valence electrons. The first kappa shape index (κ1) is 16.3. The van der Waals surface area contributed by atoms with Gasteiger partial charge in [0.15, 0.2) is 0 Å². The molecule has 6 aromatic rings. The van der Waals surface area contributed by atoms with Gasteiger partial charge in [-0.2, -0.15) is 10.2 Å². The van der Waals surface area contributed by atoms with Crippen LogP contribution >= 0.6 is 11.3 Å². The number of hydrogen-bond acceptors (Lipinski definition) is 4. The quantitative estimate of drug-likeness (QED) is 0.367. The summed E-state index contributed by atoms with van der Waals surface area (Å²) in [6, 6.07) is 14.8. The molecule has 0 atom stereocenters. The molecule has 1 aromatic carbocycles. The predicted molar refractivity (Wildman–Crippen MR) is 117 cm³/mol. The van der Waals surface area contributed by atoms with Crippen molar-refractivity contribution in [1.29, 1.82) is 0 Å². The minimum Gasteiger partial charge on any atom is -0.338 e. The van der Waals surface area contributed by atoms with E-state index in [0.717, 1.165) is 44.5 Å². The molecule has 0 unspecified atom stereocenters. The van der Waals surface area contributed by atoms with Crippen molar-refractivity contribution in [2.45, 2.75) is 6.92 Å². The zero-order valence-electron chi connectivity index (χ0n) is 15.5. The Morgan fingerprint density at radius 2 is 1.93 bits per heavy atom. The van der Waals surface area contributed by atoms with Crippen LogP contribution in [0.15, 0.2) is 61.1 Å². The van der Waals surface area contributed by atoms with Crippen molar-refractivity contribution in [2.24, 2.45) is 0 Å². The first-order valence-electron chi connectivity index (χ1n) is 9.28. The van der Waals surface area contributed by atoms with Crippen LogP contribution in [0.1, 0.15) is 4.88 Å². The highest BCUT2D eigenvalue weighted by Crippen LogP contribution is 2.36. The van der Waals surface area contributed by atoms with Gasteiger partial charge in [0.25, 0.3) is 0 Å². The molecule has 0 aliphatic heterocycles. The highest BCUT2D eigenvalue weighted by molar-refractivity contribution is 7.15. The molecule has 0 radical (unpaired) electrons. The Kier molecular flexibility index (Phi) is 3.45. The second-order valence-corrected chi connectivity index (χ2v) is 8.32. The van der Waals surface area contributed by atoms with Crippen LogP contribution in [0.5, 0.6) is 0 Å². The van der Waals surface area contributed by atoms with Gasteiger partial charge in [0, 0.05) is 44.0 Å². The van der Waals surface area contributed by atoms with Crippen molar-refractivity contribution < 1.29 is 0 Å². The van der Waals surface area contributed by atoms with Gasteiger partial charge in [0.05, 0.1) is 17.4 Å². The van der Waals surface area contributed by atoms with Crippen LogP contribution in [-0.2, 0) is 0 Å². The fourth-order valence-electron chi connectivity index (χ4n) is 3.76. The van der Waals surface area contributed by atoms with E-state index in [9.17, 15) is 0 Å². The highest BCUT2D eigenvalue weighted by atomic mass is 32.1. The van der Waals surface area contributed by atoms with Crippen LogP contribution in [0, 0.1) is 6.92 Å². The number of nitrogens with zero attached hydrogens (tertiary/aromatic N) is 3. The van der Waals surface area contributed by atoms with E-state index in [1.165, 1.54) is 15.3 Å². The fraction of sp³-hybridized carbons (Fsp3) is 0.0455. The van der Waals surface area contributed by atoms with Gasteiger partial charge in [0.1, 0.15) is 11.3 Å². The average molecular weight is 396 g/mol. The number of fused-ring (bicyclic) bond motifs is 2. The molecule has 0 saturated carbocycles. The molecule has 5 heterocycles. The Bertz CT molecular complexity index is 1470. The Labute approximate surface area is 169 Å². The molecular weight excluding hydrogens is 380 g/mol. The number of pyridine rings is 1. The zero-order valence-corrected chi connectivity index (χ0v) is 16.3. The molecule has 0 bridgehead atoms. The third-order valence-corrected chi connectivity index (χ3v) is 6.22. The van der Waals surface area contributed by atoms with Gasteiger partial charge in [-0.1, -0.05) is 6.07 Å². The number of H-pyrrole nitrogens is 3. The number of nitrogens with one attached hydrogen (secondary N) is 3. The Morgan fingerprint density at radius 3 is 2.76 bits per heavy atom. The molecule has 0 spiro atoms. The van der Waals surface area contributed by atoms with Crippen molar-refractivity contribution in [1.82, 2.24) is 30.4 Å². The van der Waals surface area contributed by atoms with E-state index in [0.29, 0.717) is 0 Å². The second-order valence-electron chi connectivity index (χ2n) is 7.03. The number of thiophene rings is 1. The summed E-state index contributed by atoms with van der Waals surface area (Å²) in [5.41, 5.74) is 7.03. The standard InChI is InChI=1S/C22H16N6S/c1-12-2-5-20(29-12)15-6-7-23-22-16(15)9-19(26-22)21-17-8-13(14-10-24-25-11-14)3-4-18(17)27-28-21/h2-11H,1H3,(H,23,26)(H,24,25)(H,27,28). The maximum absolute atomic E-state index is 4.58. The fourth-order valence-corrected chi connectivity index (χ4v) is 4.66. The van der Waals surface area contributed by atoms with E-state index in [1.54, 1.807) is 11.3 Å². The first-order chi connectivity index (χ1) is 14.3. The molecule has 0 aliphatic rings. The molecular formula is C22H16N6S. The lowest BCUT2D eigenvalue weighted by molar-refractivity contribution is 1.09. The van der Waals surface area contributed by atoms with E-state index in [4.69, 9.17) is 0 Å². The second kappa shape index (κ2) is 6.15. The van der Waals surface area contributed by atoms with Crippen molar-refractivity contribution in [3.05, 3.63) is 65.9 Å². The topological polar surface area (TPSA) is 86.0 Å². The van der Waals surface area contributed by atoms with Crippen molar-refractivity contribution >= 4 is 33.3 Å². The SMILES string of the molecule is Cc1ccc(-c2ccnc3[nH]c(-c4n[nH]c5ccc(-c6cn[nH]c6)cc45)cc23)s1. The summed E-state index contributed by atoms with van der Waals surface area (Å²) in [5, 5.41) is 16.8. The van der Waals surface area contributed by atoms with Gasteiger partial charge in [-0.3, -0.25) is 10.2 Å². The van der Waals surface area contributed by atoms with E-state index >= 15 is 0 Å². The van der Waals surface area contributed by atoms with Crippen LogP contribution < -0.4 is 0 Å². The van der Waals surface area contributed by atoms with Crippen LogP contribution in [0.2, 0.25) is 0 Å². The largest absolute Gasteiger partial charge is 0.338 e. The van der Waals surface area contributed by atoms with Crippen molar-refractivity contribution in [3.63, 3.8) is 0 Å². The Hall–Kier alpha value is -3.71. The van der Waals surface area contributed by atoms with Crippen LogP contribution in [-0.4, -0.2) is 30.4 Å². The van der Waals surface area contributed by atoms with Crippen LogP contribution in [0.3, 0.4) is 0 Å². The maximum Gasteiger partial charge on any atom is 0.138 e. The number of aromatic nitrogens is 6. The molecule has 6 nitrogen and oxygen atoms in total. The number of hydrogen-bond donors (Lipinski definition) is 3. The third-order valence-electron chi connectivity index (χ3n) is 5.19. The summed E-state index contributed by atoms with van der Waals surface area (Å²) >= 11 is 1.79. The molecule has 5 aromatic heterocycles. The third kappa shape index (κ3) is 2.59. The van der Waals surface area contributed by atoms with Gasteiger partial charge in [-0.05, 0) is 48.9 Å². The van der Waals surface area contributed by atoms with Gasteiger partial charge in [-0.15, -0.1) is 11.3 Å². The highest BCUT2D eigenvalue weighted by Gasteiger charge is 2.15. The number of rotatable bonds is 3. The zero-order chi connectivity index (χ0) is 19.4. The Balaban J connectivity index is 1.53.